The molecular weight excluding hydrogens is 332 g/mol. The summed E-state index contributed by atoms with van der Waals surface area (Å²) in [5.74, 6) is 0.507. The van der Waals surface area contributed by atoms with Gasteiger partial charge in [0.1, 0.15) is 0 Å². The second kappa shape index (κ2) is 7.74. The van der Waals surface area contributed by atoms with E-state index >= 15 is 0 Å². The number of anilines is 2. The van der Waals surface area contributed by atoms with Crippen molar-refractivity contribution in [3.05, 3.63) is 53.6 Å². The maximum Gasteiger partial charge on any atom is 0.234 e. The smallest absolute Gasteiger partial charge is 0.234 e. The van der Waals surface area contributed by atoms with Crippen LogP contribution in [0.4, 0.5) is 11.4 Å². The Labute approximate surface area is 152 Å². The summed E-state index contributed by atoms with van der Waals surface area (Å²) >= 11 is 1.54. The minimum absolute atomic E-state index is 0.0324. The molecule has 2 aromatic carbocycles. The first kappa shape index (κ1) is 17.5. The SMILES string of the molecule is Cc1ccc(SCC(=O)Nc2ccc(N3CCCC3=O)cc2)c(C)c1. The Bertz CT molecular complexity index is 787. The van der Waals surface area contributed by atoms with Crippen LogP contribution in [0.2, 0.25) is 0 Å². The van der Waals surface area contributed by atoms with E-state index < -0.39 is 0 Å². The molecule has 0 bridgehead atoms. The molecule has 0 aromatic heterocycles. The molecule has 0 unspecified atom stereocenters. The van der Waals surface area contributed by atoms with Gasteiger partial charge in [-0.15, -0.1) is 11.8 Å². The number of hydrogen-bond donors (Lipinski definition) is 1. The summed E-state index contributed by atoms with van der Waals surface area (Å²) in [4.78, 5) is 26.8. The van der Waals surface area contributed by atoms with E-state index in [0.29, 0.717) is 12.2 Å². The molecule has 1 aliphatic heterocycles. The fourth-order valence-electron chi connectivity index (χ4n) is 2.95. The van der Waals surface area contributed by atoms with Gasteiger partial charge in [-0.3, -0.25) is 9.59 Å². The first-order chi connectivity index (χ1) is 12.0. The topological polar surface area (TPSA) is 49.4 Å². The predicted molar refractivity (Wildman–Crippen MR) is 103 cm³/mol. The van der Waals surface area contributed by atoms with Crippen LogP contribution in [-0.2, 0) is 9.59 Å². The number of hydrogen-bond acceptors (Lipinski definition) is 3. The van der Waals surface area contributed by atoms with Gasteiger partial charge >= 0.3 is 0 Å². The Balaban J connectivity index is 1.55. The van der Waals surface area contributed by atoms with Crippen LogP contribution >= 0.6 is 11.8 Å². The van der Waals surface area contributed by atoms with Gasteiger partial charge in [-0.2, -0.15) is 0 Å². The van der Waals surface area contributed by atoms with Crippen molar-refractivity contribution < 1.29 is 9.59 Å². The van der Waals surface area contributed by atoms with Crippen molar-refractivity contribution in [3.63, 3.8) is 0 Å². The van der Waals surface area contributed by atoms with Gasteiger partial charge in [-0.1, -0.05) is 17.7 Å². The van der Waals surface area contributed by atoms with Crippen LogP contribution in [0.3, 0.4) is 0 Å². The largest absolute Gasteiger partial charge is 0.325 e. The van der Waals surface area contributed by atoms with Crippen molar-refractivity contribution in [3.8, 4) is 0 Å². The van der Waals surface area contributed by atoms with E-state index in [0.717, 1.165) is 29.2 Å². The van der Waals surface area contributed by atoms with Gasteiger partial charge in [0.15, 0.2) is 0 Å². The number of amides is 2. The Kier molecular flexibility index (Phi) is 5.43. The van der Waals surface area contributed by atoms with Gasteiger partial charge in [0, 0.05) is 29.2 Å². The number of rotatable bonds is 5. The molecule has 2 amide bonds. The quantitative estimate of drug-likeness (QED) is 0.820. The van der Waals surface area contributed by atoms with Gasteiger partial charge in [0.2, 0.25) is 11.8 Å². The molecule has 0 aliphatic carbocycles. The molecule has 0 atom stereocenters. The third-order valence-corrected chi connectivity index (χ3v) is 5.40. The molecule has 1 N–H and O–H groups in total. The van der Waals surface area contributed by atoms with Crippen LogP contribution in [0, 0.1) is 13.8 Å². The van der Waals surface area contributed by atoms with Gasteiger partial charge in [0.05, 0.1) is 5.75 Å². The monoisotopic (exact) mass is 354 g/mol. The van der Waals surface area contributed by atoms with Crippen molar-refractivity contribution in [1.82, 2.24) is 0 Å². The molecule has 2 aromatic rings. The molecule has 0 radical (unpaired) electrons. The van der Waals surface area contributed by atoms with Crippen molar-refractivity contribution in [1.29, 1.82) is 0 Å². The highest BCUT2D eigenvalue weighted by molar-refractivity contribution is 8.00. The van der Waals surface area contributed by atoms with Crippen molar-refractivity contribution in [2.45, 2.75) is 31.6 Å². The summed E-state index contributed by atoms with van der Waals surface area (Å²) in [6.45, 7) is 4.90. The number of benzene rings is 2. The lowest BCUT2D eigenvalue weighted by Crippen LogP contribution is -2.23. The van der Waals surface area contributed by atoms with Crippen LogP contribution in [0.1, 0.15) is 24.0 Å². The van der Waals surface area contributed by atoms with Gasteiger partial charge in [0.25, 0.3) is 0 Å². The van der Waals surface area contributed by atoms with Crippen LogP contribution in [-0.4, -0.2) is 24.1 Å². The molecule has 25 heavy (non-hydrogen) atoms. The first-order valence-corrected chi connectivity index (χ1v) is 9.42. The third-order valence-electron chi connectivity index (χ3n) is 4.23. The molecule has 1 heterocycles. The highest BCUT2D eigenvalue weighted by atomic mass is 32.2. The summed E-state index contributed by atoms with van der Waals surface area (Å²) in [7, 11) is 0. The molecule has 4 nitrogen and oxygen atoms in total. The fourth-order valence-corrected chi connectivity index (χ4v) is 3.76. The number of carbonyl (C=O) groups excluding carboxylic acids is 2. The van der Waals surface area contributed by atoms with E-state index in [2.05, 4.69) is 37.4 Å². The van der Waals surface area contributed by atoms with Crippen LogP contribution in [0.15, 0.2) is 47.4 Å². The molecule has 1 aliphatic rings. The lowest BCUT2D eigenvalue weighted by molar-refractivity contribution is -0.117. The molecule has 3 rings (SSSR count). The molecule has 130 valence electrons. The number of thioether (sulfide) groups is 1. The number of aryl methyl sites for hydroxylation is 2. The minimum Gasteiger partial charge on any atom is -0.325 e. The summed E-state index contributed by atoms with van der Waals surface area (Å²) in [5, 5.41) is 2.91. The molecule has 1 fully saturated rings. The number of nitrogens with one attached hydrogen (secondary N) is 1. The molecule has 5 heteroatoms. The van der Waals surface area contributed by atoms with Crippen LogP contribution in [0.25, 0.3) is 0 Å². The van der Waals surface area contributed by atoms with E-state index in [1.54, 1.807) is 16.7 Å². The highest BCUT2D eigenvalue weighted by Gasteiger charge is 2.21. The zero-order valence-corrected chi connectivity index (χ0v) is 15.4. The Hall–Kier alpha value is -2.27. The lowest BCUT2D eigenvalue weighted by atomic mass is 10.2. The molecule has 0 saturated carbocycles. The third kappa shape index (κ3) is 4.42. The maximum absolute atomic E-state index is 12.2. The van der Waals surface area contributed by atoms with E-state index in [9.17, 15) is 9.59 Å². The number of carbonyl (C=O) groups is 2. The minimum atomic E-state index is -0.0324. The maximum atomic E-state index is 12.2. The van der Waals surface area contributed by atoms with Crippen LogP contribution < -0.4 is 10.2 Å². The number of nitrogens with zero attached hydrogens (tertiary/aromatic N) is 1. The van der Waals surface area contributed by atoms with Crippen molar-refractivity contribution in [2.24, 2.45) is 0 Å². The van der Waals surface area contributed by atoms with Crippen LogP contribution in [0.5, 0.6) is 0 Å². The first-order valence-electron chi connectivity index (χ1n) is 8.43. The van der Waals surface area contributed by atoms with E-state index in [1.807, 2.05) is 24.3 Å². The van der Waals surface area contributed by atoms with Crippen molar-refractivity contribution in [2.75, 3.05) is 22.5 Å². The zero-order chi connectivity index (χ0) is 17.8. The fraction of sp³-hybridized carbons (Fsp3) is 0.300. The van der Waals surface area contributed by atoms with Gasteiger partial charge in [-0.25, -0.2) is 0 Å². The van der Waals surface area contributed by atoms with E-state index in [4.69, 9.17) is 0 Å². The predicted octanol–water partition coefficient (Wildman–Crippen LogP) is 4.16. The van der Waals surface area contributed by atoms with Gasteiger partial charge in [-0.05, 0) is 56.2 Å². The van der Waals surface area contributed by atoms with Crippen molar-refractivity contribution >= 4 is 35.0 Å². The summed E-state index contributed by atoms with van der Waals surface area (Å²) < 4.78 is 0. The van der Waals surface area contributed by atoms with Gasteiger partial charge < -0.3 is 10.2 Å². The second-order valence-electron chi connectivity index (χ2n) is 6.30. The standard InChI is InChI=1S/C20H22N2O2S/c1-14-5-10-18(15(2)12-14)25-13-19(23)21-16-6-8-17(9-7-16)22-11-3-4-20(22)24/h5-10,12H,3-4,11,13H2,1-2H3,(H,21,23). The average Bonchev–Trinajstić information content (AvgIpc) is 3.01. The van der Waals surface area contributed by atoms with E-state index in [1.165, 1.54) is 11.1 Å². The highest BCUT2D eigenvalue weighted by Crippen LogP contribution is 2.25. The lowest BCUT2D eigenvalue weighted by Gasteiger charge is -2.16. The average molecular weight is 354 g/mol. The Morgan fingerprint density at radius 1 is 1.16 bits per heavy atom. The summed E-state index contributed by atoms with van der Waals surface area (Å²) in [5.41, 5.74) is 4.06. The second-order valence-corrected chi connectivity index (χ2v) is 7.32. The molecule has 0 spiro atoms. The molecular formula is C20H22N2O2S. The Morgan fingerprint density at radius 2 is 1.92 bits per heavy atom. The summed E-state index contributed by atoms with van der Waals surface area (Å²) in [6.07, 6.45) is 1.53. The normalized spacial score (nSPS) is 14.0. The van der Waals surface area contributed by atoms with E-state index in [-0.39, 0.29) is 11.8 Å². The zero-order valence-electron chi connectivity index (χ0n) is 14.5. The molecule has 1 saturated heterocycles. The summed E-state index contributed by atoms with van der Waals surface area (Å²) in [6, 6.07) is 13.7. The Morgan fingerprint density at radius 3 is 2.56 bits per heavy atom.